The number of rotatable bonds is 10. The molecule has 0 atom stereocenters. The van der Waals surface area contributed by atoms with E-state index >= 15 is 0 Å². The molecule has 0 radical (unpaired) electrons. The quantitative estimate of drug-likeness (QED) is 0.129. The van der Waals surface area contributed by atoms with Gasteiger partial charge in [0.1, 0.15) is 50.2 Å². The number of nitrogens with zero attached hydrogens (tertiary/aromatic N) is 8. The maximum atomic E-state index is 7.05. The minimum atomic E-state index is 0.549. The zero-order valence-electron chi connectivity index (χ0n) is 68.0. The molecule has 18 aromatic carbocycles. The Kier molecular flexibility index (Phi) is 15.7. The summed E-state index contributed by atoms with van der Waals surface area (Å²) in [5.41, 5.74) is 24.9. The Morgan fingerprint density at radius 1 is 0.172 bits per heavy atom. The van der Waals surface area contributed by atoms with Gasteiger partial charge in [0, 0.05) is 119 Å². The van der Waals surface area contributed by atoms with Crippen LogP contribution in [0.25, 0.3) is 275 Å². The molecule has 0 N–H and O–H groups in total. The summed E-state index contributed by atoms with van der Waals surface area (Å²) < 4.78 is 39.6. The van der Waals surface area contributed by atoms with Gasteiger partial charge in [0.25, 0.3) is 0 Å². The molecule has 0 saturated heterocycles. The molecule has 10 heterocycles. The van der Waals surface area contributed by atoms with Crippen LogP contribution in [0.1, 0.15) is 0 Å². The number of para-hydroxylation sites is 6. The second kappa shape index (κ2) is 28.2. The monoisotopic (exact) mass is 1660 g/mol. The van der Waals surface area contributed by atoms with Gasteiger partial charge in [-0.3, -0.25) is 0 Å². The van der Waals surface area contributed by atoms with E-state index in [1.807, 2.05) is 164 Å². The smallest absolute Gasteiger partial charge is 0.167 e. The van der Waals surface area contributed by atoms with Crippen molar-refractivity contribution in [2.45, 2.75) is 0 Å². The summed E-state index contributed by atoms with van der Waals surface area (Å²) in [6.45, 7) is 0. The summed E-state index contributed by atoms with van der Waals surface area (Å²) in [7, 11) is 0. The van der Waals surface area contributed by atoms with E-state index in [-0.39, 0.29) is 0 Å². The third-order valence-corrected chi connectivity index (χ3v) is 26.6. The Balaban J connectivity index is 0.000000132. The van der Waals surface area contributed by atoms with E-state index in [0.717, 1.165) is 214 Å². The van der Waals surface area contributed by atoms with Crippen molar-refractivity contribution in [1.82, 2.24) is 39.0 Å². The fourth-order valence-corrected chi connectivity index (χ4v) is 20.7. The van der Waals surface area contributed by atoms with Crippen LogP contribution in [0, 0.1) is 0 Å². The predicted octanol–water partition coefficient (Wildman–Crippen LogP) is 31.1. The van der Waals surface area contributed by atoms with Gasteiger partial charge in [0.15, 0.2) is 40.5 Å². The summed E-state index contributed by atoms with van der Waals surface area (Å²) in [4.78, 5) is 30.3. The fraction of sp³-hybridized carbons (Fsp3) is 0. The average Bonchev–Trinajstić information content (AvgIpc) is 1.58. The van der Waals surface area contributed by atoms with Gasteiger partial charge in [-0.05, 0) is 144 Å². The Morgan fingerprint density at radius 2 is 0.484 bits per heavy atom. The van der Waals surface area contributed by atoms with Gasteiger partial charge in [-0.25, -0.2) is 29.9 Å². The van der Waals surface area contributed by atoms with Crippen molar-refractivity contribution in [3.8, 4) is 102 Å². The lowest BCUT2D eigenvalue weighted by atomic mass is 10.0. The molecule has 0 amide bonds. The van der Waals surface area contributed by atoms with Crippen molar-refractivity contribution in [3.63, 3.8) is 0 Å². The SMILES string of the molecule is c1ccc(-c2nc(-c3ccccc3)nc(-c3cccc4c3oc3c(-n5c6ccccc6c6cc(-c7ccc8oc9cc%10c(cc9c8c7)oc7ccccc7%10)ccc65)cccc34)n2)cc1.c1ccc(-c2nc(-c3ccccc3)nc(-c3cccc4c3sc3c(-n5c6ccccc6c6cc(-c7ccc8oc9cc%10c(cc9c8c7)oc7ccccc7%10)ccc65)cccc34)n2)cc1. The molecule has 28 aromatic rings. The molecule has 0 aliphatic carbocycles. The first kappa shape index (κ1) is 71.4. The zero-order valence-corrected chi connectivity index (χ0v) is 68.8. The second-order valence-electron chi connectivity index (χ2n) is 32.6. The molecule has 0 aliphatic heterocycles. The average molecular weight is 1660 g/mol. The van der Waals surface area contributed by atoms with E-state index in [4.69, 9.17) is 52.0 Å². The standard InChI is InChI=1S/C57H32N4O3.C57H32N4O2S/c2*1-3-13-33(14-4-1)55-58-56(34-15-5-2-6-16-34)60-57(59-55)41-21-11-19-39-40-20-12-23-48(54(40)64-53(39)41)61-46-22-9-7-17-37(46)42-29-35(25-27-47(42)61)36-26-28-50-43(30-36)45-32-51-44(31-52(45)63-50)38-18-8-10-24-49(38)62-51/h2*1-32H. The minimum Gasteiger partial charge on any atom is -0.456 e. The van der Waals surface area contributed by atoms with Crippen molar-refractivity contribution >= 4 is 185 Å². The van der Waals surface area contributed by atoms with E-state index in [0.29, 0.717) is 34.9 Å². The molecular formula is C114H64N8O5S. The normalized spacial score (nSPS) is 12.1. The molecule has 0 aliphatic rings. The number of benzene rings is 18. The Labute approximate surface area is 731 Å². The van der Waals surface area contributed by atoms with E-state index < -0.39 is 0 Å². The van der Waals surface area contributed by atoms with E-state index in [1.54, 1.807) is 11.3 Å². The summed E-state index contributed by atoms with van der Waals surface area (Å²) in [6, 6.07) is 135. The number of hydrogen-bond acceptors (Lipinski definition) is 12. The van der Waals surface area contributed by atoms with Crippen LogP contribution < -0.4 is 0 Å². The first-order chi connectivity index (χ1) is 63.4. The van der Waals surface area contributed by atoms with Gasteiger partial charge in [0.05, 0.1) is 43.7 Å². The van der Waals surface area contributed by atoms with E-state index in [2.05, 4.69) is 234 Å². The molecule has 13 nitrogen and oxygen atoms in total. The number of thiophene rings is 1. The third-order valence-electron chi connectivity index (χ3n) is 25.3. The van der Waals surface area contributed by atoms with Crippen LogP contribution in [0.15, 0.2) is 410 Å². The number of aromatic nitrogens is 8. The molecule has 10 aromatic heterocycles. The molecule has 0 fully saturated rings. The minimum absolute atomic E-state index is 0.549. The summed E-state index contributed by atoms with van der Waals surface area (Å²) >= 11 is 1.80. The van der Waals surface area contributed by atoms with Crippen LogP contribution in [0.3, 0.4) is 0 Å². The van der Waals surface area contributed by atoms with Crippen LogP contribution in [-0.2, 0) is 0 Å². The molecule has 14 heteroatoms. The van der Waals surface area contributed by atoms with Gasteiger partial charge < -0.3 is 31.2 Å². The van der Waals surface area contributed by atoms with Gasteiger partial charge in [-0.1, -0.05) is 267 Å². The molecule has 128 heavy (non-hydrogen) atoms. The molecular weight excluding hydrogens is 1590 g/mol. The zero-order chi connectivity index (χ0) is 83.8. The van der Waals surface area contributed by atoms with Crippen LogP contribution in [0.4, 0.5) is 0 Å². The van der Waals surface area contributed by atoms with Gasteiger partial charge >= 0.3 is 0 Å². The second-order valence-corrected chi connectivity index (χ2v) is 33.7. The lowest BCUT2D eigenvalue weighted by molar-refractivity contribution is 0.664. The van der Waals surface area contributed by atoms with Crippen LogP contribution in [0.2, 0.25) is 0 Å². The van der Waals surface area contributed by atoms with Crippen molar-refractivity contribution < 1.29 is 22.1 Å². The van der Waals surface area contributed by atoms with Crippen molar-refractivity contribution in [2.24, 2.45) is 0 Å². The van der Waals surface area contributed by atoms with Gasteiger partial charge in [0.2, 0.25) is 0 Å². The maximum Gasteiger partial charge on any atom is 0.167 e. The largest absolute Gasteiger partial charge is 0.456 e. The first-order valence-corrected chi connectivity index (χ1v) is 43.5. The van der Waals surface area contributed by atoms with Crippen LogP contribution in [-0.4, -0.2) is 39.0 Å². The Morgan fingerprint density at radius 3 is 0.953 bits per heavy atom. The molecule has 596 valence electrons. The van der Waals surface area contributed by atoms with Crippen LogP contribution >= 0.6 is 11.3 Å². The van der Waals surface area contributed by atoms with Gasteiger partial charge in [-0.2, -0.15) is 0 Å². The highest BCUT2D eigenvalue weighted by atomic mass is 32.1. The highest BCUT2D eigenvalue weighted by molar-refractivity contribution is 7.26. The van der Waals surface area contributed by atoms with Crippen molar-refractivity contribution in [1.29, 1.82) is 0 Å². The molecule has 0 spiro atoms. The van der Waals surface area contributed by atoms with Crippen LogP contribution in [0.5, 0.6) is 0 Å². The lowest BCUT2D eigenvalue weighted by Gasteiger charge is -2.10. The molecule has 28 rings (SSSR count). The highest BCUT2D eigenvalue weighted by Crippen LogP contribution is 2.49. The number of fused-ring (bicyclic) bond motifs is 24. The molecule has 0 bridgehead atoms. The van der Waals surface area contributed by atoms with Crippen molar-refractivity contribution in [2.75, 3.05) is 0 Å². The molecule has 0 unspecified atom stereocenters. The third kappa shape index (κ3) is 11.3. The van der Waals surface area contributed by atoms with E-state index in [1.165, 1.54) is 26.2 Å². The summed E-state index contributed by atoms with van der Waals surface area (Å²) in [6.07, 6.45) is 0. The van der Waals surface area contributed by atoms with Crippen molar-refractivity contribution in [3.05, 3.63) is 388 Å². The first-order valence-electron chi connectivity index (χ1n) is 42.7. The summed E-state index contributed by atoms with van der Waals surface area (Å²) in [5.74, 6) is 3.70. The van der Waals surface area contributed by atoms with Gasteiger partial charge in [-0.15, -0.1) is 11.3 Å². The predicted molar refractivity (Wildman–Crippen MR) is 521 cm³/mol. The highest BCUT2D eigenvalue weighted by Gasteiger charge is 2.27. The maximum absolute atomic E-state index is 7.05. The number of hydrogen-bond donors (Lipinski definition) is 0. The number of furan rings is 5. The fourth-order valence-electron chi connectivity index (χ4n) is 19.3. The lowest BCUT2D eigenvalue weighted by Crippen LogP contribution is -2.00. The Bertz CT molecular complexity index is 8830. The molecule has 0 saturated carbocycles. The summed E-state index contributed by atoms with van der Waals surface area (Å²) in [5, 5.41) is 17.6. The van der Waals surface area contributed by atoms with E-state index in [9.17, 15) is 0 Å². The topological polar surface area (TPSA) is 153 Å². The Hall–Kier alpha value is -17.2.